The average molecular weight is 422 g/mol. The van der Waals surface area contributed by atoms with Crippen LogP contribution in [-0.2, 0) is 14.3 Å². The second-order valence-corrected chi connectivity index (χ2v) is 7.00. The van der Waals surface area contributed by atoms with Gasteiger partial charge in [0.1, 0.15) is 6.07 Å². The van der Waals surface area contributed by atoms with Crippen LogP contribution in [0.1, 0.15) is 28.9 Å². The third kappa shape index (κ3) is 5.54. The number of nitrogens with zero attached hydrogens (tertiary/aromatic N) is 4. The Bertz CT molecular complexity index is 994. The van der Waals surface area contributed by atoms with E-state index in [1.165, 1.54) is 37.6 Å². The van der Waals surface area contributed by atoms with Crippen molar-refractivity contribution in [2.24, 2.45) is 5.92 Å². The number of hydrogen-bond donors (Lipinski definition) is 2. The van der Waals surface area contributed by atoms with E-state index < -0.39 is 17.8 Å². The van der Waals surface area contributed by atoms with Gasteiger partial charge in [-0.2, -0.15) is 5.26 Å². The zero-order valence-electron chi connectivity index (χ0n) is 17.0. The van der Waals surface area contributed by atoms with E-state index in [1.54, 1.807) is 6.20 Å². The van der Waals surface area contributed by atoms with Crippen molar-refractivity contribution >= 4 is 29.3 Å². The summed E-state index contributed by atoms with van der Waals surface area (Å²) in [5.74, 6) is -1.19. The van der Waals surface area contributed by atoms with E-state index in [1.807, 2.05) is 11.0 Å². The van der Waals surface area contributed by atoms with Gasteiger partial charge in [-0.15, -0.1) is 0 Å². The van der Waals surface area contributed by atoms with Crippen LogP contribution in [0.25, 0.3) is 0 Å². The molecule has 0 atom stereocenters. The molecule has 31 heavy (non-hydrogen) atoms. The van der Waals surface area contributed by atoms with Crippen molar-refractivity contribution in [1.82, 2.24) is 15.3 Å². The van der Waals surface area contributed by atoms with E-state index >= 15 is 0 Å². The van der Waals surface area contributed by atoms with Crippen molar-refractivity contribution in [3.8, 4) is 6.07 Å². The summed E-state index contributed by atoms with van der Waals surface area (Å²) in [7, 11) is 1.28. The molecule has 1 aliphatic rings. The Hall–Kier alpha value is -4.00. The minimum atomic E-state index is -0.776. The van der Waals surface area contributed by atoms with Gasteiger partial charge < -0.3 is 20.3 Å². The fraction of sp³-hybridized carbons (Fsp3) is 0.333. The first-order chi connectivity index (χ1) is 15.0. The first-order valence-electron chi connectivity index (χ1n) is 9.75. The number of nitriles is 1. The molecular formula is C21H22N6O4. The Kier molecular flexibility index (Phi) is 7.11. The molecule has 10 nitrogen and oxygen atoms in total. The van der Waals surface area contributed by atoms with E-state index in [0.29, 0.717) is 42.4 Å². The van der Waals surface area contributed by atoms with Crippen LogP contribution in [0.15, 0.2) is 36.7 Å². The fourth-order valence-electron chi connectivity index (χ4n) is 3.30. The van der Waals surface area contributed by atoms with Gasteiger partial charge in [0.15, 0.2) is 11.5 Å². The molecule has 2 heterocycles. The second-order valence-electron chi connectivity index (χ2n) is 7.00. The van der Waals surface area contributed by atoms with E-state index in [4.69, 9.17) is 5.26 Å². The van der Waals surface area contributed by atoms with Gasteiger partial charge in [-0.25, -0.2) is 14.8 Å². The highest BCUT2D eigenvalue weighted by molar-refractivity contribution is 6.39. The summed E-state index contributed by atoms with van der Waals surface area (Å²) >= 11 is 0. The van der Waals surface area contributed by atoms with Crippen molar-refractivity contribution in [3.05, 3.63) is 47.9 Å². The number of esters is 1. The van der Waals surface area contributed by atoms with Crippen molar-refractivity contribution in [2.75, 3.05) is 37.0 Å². The summed E-state index contributed by atoms with van der Waals surface area (Å²) in [5.41, 5.74) is 1.04. The number of methoxy groups -OCH3 is 1. The molecule has 1 saturated heterocycles. The molecule has 1 aliphatic heterocycles. The van der Waals surface area contributed by atoms with Gasteiger partial charge in [0.05, 0.1) is 12.7 Å². The number of carbonyl (C=O) groups is 3. The molecule has 3 rings (SSSR count). The largest absolute Gasteiger partial charge is 0.465 e. The number of rotatable bonds is 5. The van der Waals surface area contributed by atoms with Gasteiger partial charge in [-0.3, -0.25) is 9.59 Å². The molecule has 1 aromatic heterocycles. The Balaban J connectivity index is 1.44. The van der Waals surface area contributed by atoms with Crippen molar-refractivity contribution < 1.29 is 19.1 Å². The maximum absolute atomic E-state index is 12.1. The molecule has 2 N–H and O–H groups in total. The monoisotopic (exact) mass is 422 g/mol. The summed E-state index contributed by atoms with van der Waals surface area (Å²) in [6.07, 6.45) is 4.63. The summed E-state index contributed by atoms with van der Waals surface area (Å²) < 4.78 is 4.61. The highest BCUT2D eigenvalue weighted by atomic mass is 16.5. The topological polar surface area (TPSA) is 137 Å². The van der Waals surface area contributed by atoms with Gasteiger partial charge in [0.2, 0.25) is 0 Å². The Labute approximate surface area is 179 Å². The zero-order chi connectivity index (χ0) is 22.2. The number of ether oxygens (including phenoxy) is 1. The average Bonchev–Trinajstić information content (AvgIpc) is 2.82. The molecule has 1 fully saturated rings. The lowest BCUT2D eigenvalue weighted by atomic mass is 9.96. The molecule has 0 bridgehead atoms. The number of anilines is 2. The summed E-state index contributed by atoms with van der Waals surface area (Å²) in [4.78, 5) is 45.9. The van der Waals surface area contributed by atoms with Crippen molar-refractivity contribution in [1.29, 1.82) is 5.26 Å². The van der Waals surface area contributed by atoms with Crippen LogP contribution in [0, 0.1) is 17.2 Å². The number of aromatic nitrogens is 2. The quantitative estimate of drug-likeness (QED) is 0.540. The maximum Gasteiger partial charge on any atom is 0.337 e. The molecule has 0 aliphatic carbocycles. The highest BCUT2D eigenvalue weighted by Gasteiger charge is 2.24. The first kappa shape index (κ1) is 21.7. The van der Waals surface area contributed by atoms with Crippen LogP contribution in [0.2, 0.25) is 0 Å². The molecule has 160 valence electrons. The molecule has 0 spiro atoms. The fourth-order valence-corrected chi connectivity index (χ4v) is 3.30. The maximum atomic E-state index is 12.1. The smallest absolute Gasteiger partial charge is 0.337 e. The first-order valence-corrected chi connectivity index (χ1v) is 9.75. The Morgan fingerprint density at radius 3 is 2.45 bits per heavy atom. The van der Waals surface area contributed by atoms with Crippen LogP contribution < -0.4 is 15.5 Å². The number of carbonyl (C=O) groups excluding carboxylic acids is 3. The van der Waals surface area contributed by atoms with Gasteiger partial charge in [0, 0.05) is 37.7 Å². The molecular weight excluding hydrogens is 400 g/mol. The lowest BCUT2D eigenvalue weighted by molar-refractivity contribution is -0.136. The molecule has 0 saturated carbocycles. The number of piperidine rings is 1. The van der Waals surface area contributed by atoms with Crippen LogP contribution >= 0.6 is 0 Å². The molecule has 0 radical (unpaired) electrons. The SMILES string of the molecule is COC(=O)c1ccc(NC(=O)C(=O)NCC2CCN(c3nccnc3C#N)CC2)cc1. The number of nitrogens with one attached hydrogen (secondary N) is 2. The molecule has 0 unspecified atom stereocenters. The van der Waals surface area contributed by atoms with Crippen LogP contribution in [-0.4, -0.2) is 54.5 Å². The minimum absolute atomic E-state index is 0.217. The lowest BCUT2D eigenvalue weighted by Gasteiger charge is -2.32. The third-order valence-corrected chi connectivity index (χ3v) is 5.02. The Morgan fingerprint density at radius 1 is 1.13 bits per heavy atom. The normalized spacial score (nSPS) is 13.7. The van der Waals surface area contributed by atoms with Gasteiger partial charge in [-0.1, -0.05) is 0 Å². The standard InChI is InChI=1S/C21H22N6O4/c1-31-21(30)15-2-4-16(5-3-15)26-20(29)19(28)25-13-14-6-10-27(11-7-14)18-17(12-22)23-8-9-24-18/h2-5,8-9,14H,6-7,10-11,13H2,1H3,(H,25,28)(H,26,29). The molecule has 10 heteroatoms. The number of amides is 2. The van der Waals surface area contributed by atoms with Crippen molar-refractivity contribution in [3.63, 3.8) is 0 Å². The van der Waals surface area contributed by atoms with Crippen LogP contribution in [0.5, 0.6) is 0 Å². The van der Waals surface area contributed by atoms with Crippen LogP contribution in [0.3, 0.4) is 0 Å². The summed E-state index contributed by atoms with van der Waals surface area (Å²) in [6.45, 7) is 1.76. The Morgan fingerprint density at radius 2 is 1.81 bits per heavy atom. The lowest BCUT2D eigenvalue weighted by Crippen LogP contribution is -2.42. The minimum Gasteiger partial charge on any atom is -0.465 e. The summed E-state index contributed by atoms with van der Waals surface area (Å²) in [5, 5.41) is 14.3. The van der Waals surface area contributed by atoms with Gasteiger partial charge >= 0.3 is 17.8 Å². The van der Waals surface area contributed by atoms with Crippen LogP contribution in [0.4, 0.5) is 11.5 Å². The molecule has 1 aromatic carbocycles. The third-order valence-electron chi connectivity index (χ3n) is 5.02. The van der Waals surface area contributed by atoms with Gasteiger partial charge in [0.25, 0.3) is 0 Å². The number of benzene rings is 1. The van der Waals surface area contributed by atoms with Gasteiger partial charge in [-0.05, 0) is 43.0 Å². The zero-order valence-corrected chi connectivity index (χ0v) is 17.0. The van der Waals surface area contributed by atoms with E-state index in [2.05, 4.69) is 25.3 Å². The van der Waals surface area contributed by atoms with Crippen molar-refractivity contribution in [2.45, 2.75) is 12.8 Å². The molecule has 2 amide bonds. The second kappa shape index (κ2) is 10.2. The summed E-state index contributed by atoms with van der Waals surface area (Å²) in [6, 6.07) is 8.10. The number of hydrogen-bond acceptors (Lipinski definition) is 8. The van der Waals surface area contributed by atoms with E-state index in [-0.39, 0.29) is 5.92 Å². The molecule has 2 aromatic rings. The van der Waals surface area contributed by atoms with E-state index in [9.17, 15) is 14.4 Å². The van der Waals surface area contributed by atoms with E-state index in [0.717, 1.165) is 12.8 Å². The predicted octanol–water partition coefficient (Wildman–Crippen LogP) is 1.11. The predicted molar refractivity (Wildman–Crippen MR) is 111 cm³/mol. The highest BCUT2D eigenvalue weighted by Crippen LogP contribution is 2.22.